The second-order valence-corrected chi connectivity index (χ2v) is 15.5. The fraction of sp³-hybridized carbons (Fsp3) is 0. The number of pyridine rings is 1. The van der Waals surface area contributed by atoms with Crippen LogP contribution in [-0.4, -0.2) is 29.1 Å². The van der Waals surface area contributed by atoms with Crippen molar-refractivity contribution in [3.8, 4) is 68.1 Å². The lowest BCUT2D eigenvalue weighted by molar-refractivity contribution is 0.953. The fourth-order valence-electron chi connectivity index (χ4n) is 8.90. The highest BCUT2D eigenvalue weighted by atomic mass is 15.2. The summed E-state index contributed by atoms with van der Waals surface area (Å²) in [5.41, 5.74) is 13.4. The Kier molecular flexibility index (Phi) is 8.38. The number of aromatic nitrogens is 6. The molecule has 4 aromatic heterocycles. The largest absolute Gasteiger partial charge is 0.307 e. The molecule has 0 saturated carbocycles. The third-order valence-electron chi connectivity index (χ3n) is 11.8. The van der Waals surface area contributed by atoms with Gasteiger partial charge in [-0.1, -0.05) is 176 Å². The Labute approximate surface area is 357 Å². The van der Waals surface area contributed by atoms with Crippen molar-refractivity contribution in [1.82, 2.24) is 29.1 Å². The van der Waals surface area contributed by atoms with Crippen molar-refractivity contribution in [2.45, 2.75) is 0 Å². The van der Waals surface area contributed by atoms with Crippen LogP contribution in [0.5, 0.6) is 0 Å². The Hall–Kier alpha value is -8.48. The summed E-state index contributed by atoms with van der Waals surface area (Å²) >= 11 is 0. The van der Waals surface area contributed by atoms with Gasteiger partial charge in [-0.3, -0.25) is 4.57 Å². The predicted molar refractivity (Wildman–Crippen MR) is 253 cm³/mol. The third-order valence-corrected chi connectivity index (χ3v) is 11.8. The van der Waals surface area contributed by atoms with Crippen LogP contribution in [0.1, 0.15) is 0 Å². The van der Waals surface area contributed by atoms with Crippen molar-refractivity contribution < 1.29 is 0 Å². The van der Waals surface area contributed by atoms with Crippen LogP contribution in [0.4, 0.5) is 0 Å². The zero-order valence-corrected chi connectivity index (χ0v) is 33.5. The van der Waals surface area contributed by atoms with Gasteiger partial charge in [-0.2, -0.15) is 9.97 Å². The molecule has 290 valence electrons. The molecule has 0 aliphatic rings. The van der Waals surface area contributed by atoms with Gasteiger partial charge in [-0.25, -0.2) is 9.97 Å². The van der Waals surface area contributed by atoms with E-state index in [0.29, 0.717) is 17.6 Å². The van der Waals surface area contributed by atoms with Crippen molar-refractivity contribution >= 4 is 43.6 Å². The van der Waals surface area contributed by atoms with Crippen LogP contribution in [0.2, 0.25) is 0 Å². The molecule has 4 heterocycles. The standard InChI is InChI=1S/C56H36N6/c1-4-16-37(17-5-1)41-22-14-23-42(36-41)55-58-54(40-20-8-3-9-21-40)59-56(60-55)62-51-29-13-11-25-45(51)47-35-34-46-44-24-10-12-28-50(44)61(52(46)53(47)62)43-32-30-39(31-33-43)49-27-15-26-48(57-49)38-18-6-2-7-19-38/h1-36H. The molecular formula is C56H36N6. The quantitative estimate of drug-likeness (QED) is 0.161. The average Bonchev–Trinajstić information content (AvgIpc) is 3.88. The van der Waals surface area contributed by atoms with E-state index in [1.807, 2.05) is 42.5 Å². The minimum Gasteiger partial charge on any atom is -0.307 e. The average molecular weight is 793 g/mol. The lowest BCUT2D eigenvalue weighted by atomic mass is 10.0. The Balaban J connectivity index is 1.10. The lowest BCUT2D eigenvalue weighted by Crippen LogP contribution is -2.07. The molecule has 0 spiro atoms. The molecule has 0 unspecified atom stereocenters. The number of hydrogen-bond acceptors (Lipinski definition) is 4. The summed E-state index contributed by atoms with van der Waals surface area (Å²) in [4.78, 5) is 20.9. The maximum absolute atomic E-state index is 5.37. The Morgan fingerprint density at radius 1 is 0.274 bits per heavy atom. The predicted octanol–water partition coefficient (Wildman–Crippen LogP) is 13.8. The molecule has 0 fully saturated rings. The molecule has 0 aliphatic heterocycles. The highest BCUT2D eigenvalue weighted by Gasteiger charge is 2.23. The van der Waals surface area contributed by atoms with Gasteiger partial charge in [0.2, 0.25) is 5.95 Å². The second kappa shape index (κ2) is 14.7. The minimum absolute atomic E-state index is 0.550. The van der Waals surface area contributed by atoms with Gasteiger partial charge in [0.15, 0.2) is 11.6 Å². The molecule has 0 atom stereocenters. The number of rotatable bonds is 7. The summed E-state index contributed by atoms with van der Waals surface area (Å²) < 4.78 is 4.64. The van der Waals surface area contributed by atoms with Crippen LogP contribution in [0, 0.1) is 0 Å². The van der Waals surface area contributed by atoms with E-state index in [1.165, 1.54) is 5.39 Å². The van der Waals surface area contributed by atoms with Crippen molar-refractivity contribution in [1.29, 1.82) is 0 Å². The highest BCUT2D eigenvalue weighted by Crippen LogP contribution is 2.42. The Morgan fingerprint density at radius 2 is 0.742 bits per heavy atom. The van der Waals surface area contributed by atoms with Crippen LogP contribution >= 0.6 is 0 Å². The first-order chi connectivity index (χ1) is 30.7. The summed E-state index contributed by atoms with van der Waals surface area (Å²) in [6.45, 7) is 0. The molecule has 0 saturated heterocycles. The van der Waals surface area contributed by atoms with E-state index in [4.69, 9.17) is 19.9 Å². The highest BCUT2D eigenvalue weighted by molar-refractivity contribution is 6.23. The zero-order chi connectivity index (χ0) is 41.0. The monoisotopic (exact) mass is 792 g/mol. The van der Waals surface area contributed by atoms with Crippen molar-refractivity contribution in [2.24, 2.45) is 0 Å². The second-order valence-electron chi connectivity index (χ2n) is 15.5. The topological polar surface area (TPSA) is 61.4 Å². The Morgan fingerprint density at radius 3 is 1.39 bits per heavy atom. The van der Waals surface area contributed by atoms with Crippen LogP contribution in [-0.2, 0) is 0 Å². The van der Waals surface area contributed by atoms with Crippen LogP contribution in [0.15, 0.2) is 218 Å². The molecular weight excluding hydrogens is 757 g/mol. The van der Waals surface area contributed by atoms with Gasteiger partial charge in [0, 0.05) is 49.5 Å². The number of hydrogen-bond donors (Lipinski definition) is 0. The minimum atomic E-state index is 0.550. The molecule has 0 N–H and O–H groups in total. The van der Waals surface area contributed by atoms with E-state index in [1.54, 1.807) is 0 Å². The molecule has 0 radical (unpaired) electrons. The number of nitrogens with zero attached hydrogens (tertiary/aromatic N) is 6. The summed E-state index contributed by atoms with van der Waals surface area (Å²) in [5, 5.41) is 4.55. The molecule has 0 amide bonds. The normalized spacial score (nSPS) is 11.5. The van der Waals surface area contributed by atoms with Gasteiger partial charge in [0.05, 0.1) is 33.5 Å². The van der Waals surface area contributed by atoms with Gasteiger partial charge >= 0.3 is 0 Å². The molecule has 62 heavy (non-hydrogen) atoms. The Bertz CT molecular complexity index is 3610. The van der Waals surface area contributed by atoms with Gasteiger partial charge in [-0.15, -0.1) is 0 Å². The van der Waals surface area contributed by atoms with E-state index in [2.05, 4.69) is 185 Å². The van der Waals surface area contributed by atoms with Crippen LogP contribution in [0.25, 0.3) is 112 Å². The summed E-state index contributed by atoms with van der Waals surface area (Å²) in [5.74, 6) is 1.76. The smallest absolute Gasteiger partial charge is 0.238 e. The summed E-state index contributed by atoms with van der Waals surface area (Å²) in [6.07, 6.45) is 0. The SMILES string of the molecule is c1ccc(-c2cccc(-c3nc(-c4ccccc4)nc(-n4c5ccccc5c5ccc6c7ccccc7n(-c7ccc(-c8cccc(-c9ccccc9)n8)cc7)c6c54)n3)c2)cc1. The maximum atomic E-state index is 5.37. The number of fused-ring (bicyclic) bond motifs is 7. The van der Waals surface area contributed by atoms with Crippen LogP contribution in [0.3, 0.4) is 0 Å². The first kappa shape index (κ1) is 35.5. The molecule has 6 heteroatoms. The van der Waals surface area contributed by atoms with Gasteiger partial charge in [0.1, 0.15) is 0 Å². The van der Waals surface area contributed by atoms with Gasteiger partial charge < -0.3 is 4.57 Å². The molecule has 8 aromatic carbocycles. The maximum Gasteiger partial charge on any atom is 0.238 e. The van der Waals surface area contributed by atoms with E-state index in [-0.39, 0.29) is 0 Å². The summed E-state index contributed by atoms with van der Waals surface area (Å²) in [6, 6.07) is 76.1. The van der Waals surface area contributed by atoms with Crippen molar-refractivity contribution in [3.63, 3.8) is 0 Å². The third kappa shape index (κ3) is 5.96. The van der Waals surface area contributed by atoms with Crippen molar-refractivity contribution in [3.05, 3.63) is 218 Å². The molecule has 0 aliphatic carbocycles. The first-order valence-electron chi connectivity index (χ1n) is 20.8. The van der Waals surface area contributed by atoms with Crippen molar-refractivity contribution in [2.75, 3.05) is 0 Å². The summed E-state index contributed by atoms with van der Waals surface area (Å²) in [7, 11) is 0. The first-order valence-corrected chi connectivity index (χ1v) is 20.8. The number of para-hydroxylation sites is 2. The van der Waals surface area contributed by atoms with Crippen LogP contribution < -0.4 is 0 Å². The molecule has 12 aromatic rings. The van der Waals surface area contributed by atoms with E-state index in [0.717, 1.165) is 88.7 Å². The lowest BCUT2D eigenvalue weighted by Gasteiger charge is -2.14. The number of benzene rings is 8. The van der Waals surface area contributed by atoms with E-state index in [9.17, 15) is 0 Å². The zero-order valence-electron chi connectivity index (χ0n) is 33.5. The molecule has 0 bridgehead atoms. The van der Waals surface area contributed by atoms with E-state index < -0.39 is 0 Å². The molecule has 12 rings (SSSR count). The van der Waals surface area contributed by atoms with Gasteiger partial charge in [-0.05, 0) is 53.6 Å². The van der Waals surface area contributed by atoms with E-state index >= 15 is 0 Å². The molecule has 6 nitrogen and oxygen atoms in total. The fourth-order valence-corrected chi connectivity index (χ4v) is 8.90. The van der Waals surface area contributed by atoms with Gasteiger partial charge in [0.25, 0.3) is 0 Å².